The first-order valence-corrected chi connectivity index (χ1v) is 4.65. The number of hydrogen-bond acceptors (Lipinski definition) is 4. The van der Waals surface area contributed by atoms with Crippen molar-refractivity contribution in [2.45, 2.75) is 19.8 Å². The van der Waals surface area contributed by atoms with E-state index in [2.05, 4.69) is 9.97 Å². The van der Waals surface area contributed by atoms with Crippen LogP contribution in [0.2, 0.25) is 0 Å². The number of aliphatic carboxylic acids is 1. The molecule has 0 fully saturated rings. The second kappa shape index (κ2) is 4.72. The maximum atomic E-state index is 10.8. The standard InChI is InChI=1S/C10H14N2O3/c1-6(7(2)10(13)14)8-9(15-3)12-5-4-11-8/h4-7H,1-3H3,(H,13,14). The van der Waals surface area contributed by atoms with Gasteiger partial charge in [-0.15, -0.1) is 0 Å². The van der Waals surface area contributed by atoms with Gasteiger partial charge in [-0.25, -0.2) is 4.98 Å². The fraction of sp³-hybridized carbons (Fsp3) is 0.500. The molecule has 5 heteroatoms. The van der Waals surface area contributed by atoms with Crippen molar-refractivity contribution in [2.24, 2.45) is 5.92 Å². The molecule has 0 amide bonds. The molecule has 82 valence electrons. The zero-order chi connectivity index (χ0) is 11.4. The lowest BCUT2D eigenvalue weighted by Gasteiger charge is -2.16. The van der Waals surface area contributed by atoms with Crippen LogP contribution >= 0.6 is 0 Å². The summed E-state index contributed by atoms with van der Waals surface area (Å²) in [5, 5.41) is 8.89. The number of hydrogen-bond donors (Lipinski definition) is 1. The van der Waals surface area contributed by atoms with Gasteiger partial charge in [-0.3, -0.25) is 9.78 Å². The minimum Gasteiger partial charge on any atom is -0.481 e. The Balaban J connectivity index is 2.99. The topological polar surface area (TPSA) is 72.3 Å². The molecule has 0 aromatic carbocycles. The minimum absolute atomic E-state index is 0.230. The molecule has 15 heavy (non-hydrogen) atoms. The van der Waals surface area contributed by atoms with Crippen molar-refractivity contribution in [1.82, 2.24) is 9.97 Å². The van der Waals surface area contributed by atoms with Crippen LogP contribution in [0.25, 0.3) is 0 Å². The zero-order valence-electron chi connectivity index (χ0n) is 8.97. The normalized spacial score (nSPS) is 14.3. The van der Waals surface area contributed by atoms with Gasteiger partial charge in [0, 0.05) is 18.3 Å². The van der Waals surface area contributed by atoms with Crippen LogP contribution < -0.4 is 4.74 Å². The van der Waals surface area contributed by atoms with E-state index in [9.17, 15) is 4.79 Å². The van der Waals surface area contributed by atoms with Crippen LogP contribution in [0.1, 0.15) is 25.5 Å². The summed E-state index contributed by atoms with van der Waals surface area (Å²) < 4.78 is 5.03. The summed E-state index contributed by atoms with van der Waals surface area (Å²) in [6.45, 7) is 3.44. The third kappa shape index (κ3) is 2.43. The van der Waals surface area contributed by atoms with E-state index in [-0.39, 0.29) is 5.92 Å². The maximum absolute atomic E-state index is 10.8. The van der Waals surface area contributed by atoms with E-state index in [1.54, 1.807) is 13.8 Å². The lowest BCUT2D eigenvalue weighted by atomic mass is 9.93. The molecule has 0 bridgehead atoms. The summed E-state index contributed by atoms with van der Waals surface area (Å²) in [6, 6.07) is 0. The van der Waals surface area contributed by atoms with Gasteiger partial charge < -0.3 is 9.84 Å². The predicted molar refractivity (Wildman–Crippen MR) is 53.8 cm³/mol. The minimum atomic E-state index is -0.852. The van der Waals surface area contributed by atoms with Gasteiger partial charge >= 0.3 is 5.97 Å². The first kappa shape index (κ1) is 11.4. The van der Waals surface area contributed by atoms with E-state index in [4.69, 9.17) is 9.84 Å². The molecule has 0 aliphatic carbocycles. The molecule has 0 aliphatic rings. The van der Waals surface area contributed by atoms with Gasteiger partial charge in [0.2, 0.25) is 5.88 Å². The van der Waals surface area contributed by atoms with Crippen molar-refractivity contribution < 1.29 is 14.6 Å². The van der Waals surface area contributed by atoms with Gasteiger partial charge in [0.15, 0.2) is 0 Å². The molecule has 0 saturated carbocycles. The van der Waals surface area contributed by atoms with Crippen LogP contribution in [0.15, 0.2) is 12.4 Å². The number of rotatable bonds is 4. The average molecular weight is 210 g/mol. The fourth-order valence-corrected chi connectivity index (χ4v) is 1.26. The molecule has 5 nitrogen and oxygen atoms in total. The van der Waals surface area contributed by atoms with Crippen molar-refractivity contribution in [1.29, 1.82) is 0 Å². The highest BCUT2D eigenvalue weighted by atomic mass is 16.5. The van der Waals surface area contributed by atoms with Crippen molar-refractivity contribution in [3.8, 4) is 5.88 Å². The van der Waals surface area contributed by atoms with Crippen LogP contribution in [-0.4, -0.2) is 28.2 Å². The zero-order valence-corrected chi connectivity index (χ0v) is 8.97. The number of carbonyl (C=O) groups is 1. The number of nitrogens with zero attached hydrogens (tertiary/aromatic N) is 2. The first-order valence-electron chi connectivity index (χ1n) is 4.65. The number of methoxy groups -OCH3 is 1. The average Bonchev–Trinajstić information content (AvgIpc) is 2.26. The monoisotopic (exact) mass is 210 g/mol. The van der Waals surface area contributed by atoms with E-state index in [0.29, 0.717) is 11.6 Å². The largest absolute Gasteiger partial charge is 0.481 e. The van der Waals surface area contributed by atoms with E-state index in [1.165, 1.54) is 19.5 Å². The molecule has 1 rings (SSSR count). The number of aromatic nitrogens is 2. The Morgan fingerprint density at radius 2 is 2.00 bits per heavy atom. The molecule has 2 atom stereocenters. The number of ether oxygens (including phenoxy) is 1. The number of carboxylic acids is 1. The van der Waals surface area contributed by atoms with E-state index < -0.39 is 11.9 Å². The third-order valence-electron chi connectivity index (χ3n) is 2.46. The third-order valence-corrected chi connectivity index (χ3v) is 2.46. The van der Waals surface area contributed by atoms with Crippen molar-refractivity contribution in [3.63, 3.8) is 0 Å². The summed E-state index contributed by atoms with van der Waals surface area (Å²) in [4.78, 5) is 18.9. The molecule has 0 spiro atoms. The summed E-state index contributed by atoms with van der Waals surface area (Å²) in [6.07, 6.45) is 3.05. The Labute approximate surface area is 88.1 Å². The Hall–Kier alpha value is -1.65. The Morgan fingerprint density at radius 1 is 1.40 bits per heavy atom. The van der Waals surface area contributed by atoms with Gasteiger partial charge in [0.25, 0.3) is 0 Å². The van der Waals surface area contributed by atoms with Crippen molar-refractivity contribution in [2.75, 3.05) is 7.11 Å². The molecular weight excluding hydrogens is 196 g/mol. The fourth-order valence-electron chi connectivity index (χ4n) is 1.26. The molecule has 2 unspecified atom stereocenters. The lowest BCUT2D eigenvalue weighted by Crippen LogP contribution is -2.18. The van der Waals surface area contributed by atoms with Gasteiger partial charge in [0.05, 0.1) is 13.0 Å². The molecule has 1 heterocycles. The highest BCUT2D eigenvalue weighted by molar-refractivity contribution is 5.70. The van der Waals surface area contributed by atoms with E-state index >= 15 is 0 Å². The van der Waals surface area contributed by atoms with Gasteiger partial charge in [-0.2, -0.15) is 0 Å². The smallest absolute Gasteiger partial charge is 0.306 e. The molecule has 1 aromatic heterocycles. The molecule has 0 saturated heterocycles. The van der Waals surface area contributed by atoms with Crippen LogP contribution in [0, 0.1) is 5.92 Å². The van der Waals surface area contributed by atoms with Crippen LogP contribution in [0.4, 0.5) is 0 Å². The maximum Gasteiger partial charge on any atom is 0.306 e. The van der Waals surface area contributed by atoms with E-state index in [1.807, 2.05) is 0 Å². The quantitative estimate of drug-likeness (QED) is 0.811. The van der Waals surface area contributed by atoms with Crippen LogP contribution in [-0.2, 0) is 4.79 Å². The van der Waals surface area contributed by atoms with Gasteiger partial charge in [0.1, 0.15) is 5.69 Å². The summed E-state index contributed by atoms with van der Waals surface area (Å²) in [5.74, 6) is -1.21. The van der Waals surface area contributed by atoms with Crippen LogP contribution in [0.5, 0.6) is 5.88 Å². The molecule has 1 N–H and O–H groups in total. The Bertz CT molecular complexity index is 354. The van der Waals surface area contributed by atoms with Crippen molar-refractivity contribution >= 4 is 5.97 Å². The Kier molecular flexibility index (Phi) is 3.60. The van der Waals surface area contributed by atoms with Crippen LogP contribution in [0.3, 0.4) is 0 Å². The van der Waals surface area contributed by atoms with Gasteiger partial charge in [-0.1, -0.05) is 13.8 Å². The SMILES string of the molecule is COc1nccnc1C(C)C(C)C(=O)O. The lowest BCUT2D eigenvalue weighted by molar-refractivity contribution is -0.141. The molecule has 1 aromatic rings. The number of carboxylic acid groups (broad SMARTS) is 1. The summed E-state index contributed by atoms with van der Waals surface area (Å²) in [5.41, 5.74) is 0.579. The highest BCUT2D eigenvalue weighted by Crippen LogP contribution is 2.27. The highest BCUT2D eigenvalue weighted by Gasteiger charge is 2.25. The predicted octanol–water partition coefficient (Wildman–Crippen LogP) is 1.31. The molecule has 0 radical (unpaired) electrons. The second-order valence-corrected chi connectivity index (χ2v) is 3.37. The molecule has 0 aliphatic heterocycles. The van der Waals surface area contributed by atoms with Gasteiger partial charge in [-0.05, 0) is 0 Å². The van der Waals surface area contributed by atoms with E-state index in [0.717, 1.165) is 0 Å². The first-order chi connectivity index (χ1) is 7.07. The van der Waals surface area contributed by atoms with Crippen molar-refractivity contribution in [3.05, 3.63) is 18.1 Å². The Morgan fingerprint density at radius 3 is 2.53 bits per heavy atom. The second-order valence-electron chi connectivity index (χ2n) is 3.37. The summed E-state index contributed by atoms with van der Waals surface area (Å²) >= 11 is 0. The summed E-state index contributed by atoms with van der Waals surface area (Å²) in [7, 11) is 1.49. The molecular formula is C10H14N2O3.